The zero-order chi connectivity index (χ0) is 19.2. The fourth-order valence-corrected chi connectivity index (χ4v) is 2.46. The number of amides is 1. The van der Waals surface area contributed by atoms with Crippen LogP contribution in [0.1, 0.15) is 16.7 Å². The Morgan fingerprint density at radius 3 is 2.31 bits per heavy atom. The normalized spacial score (nSPS) is 11.1. The summed E-state index contributed by atoms with van der Waals surface area (Å²) in [4.78, 5) is 12.1. The molecule has 0 aliphatic carbocycles. The quantitative estimate of drug-likeness (QED) is 0.813. The van der Waals surface area contributed by atoms with Gasteiger partial charge in [0.25, 0.3) is 0 Å². The topological polar surface area (TPSA) is 47.6 Å². The van der Waals surface area contributed by atoms with Gasteiger partial charge < -0.3 is 14.8 Å². The van der Waals surface area contributed by atoms with E-state index in [0.717, 1.165) is 17.7 Å². The summed E-state index contributed by atoms with van der Waals surface area (Å²) in [7, 11) is 3.06. The van der Waals surface area contributed by atoms with Crippen molar-refractivity contribution in [1.29, 1.82) is 0 Å². The van der Waals surface area contributed by atoms with Crippen molar-refractivity contribution < 1.29 is 27.4 Å². The van der Waals surface area contributed by atoms with Crippen molar-refractivity contribution >= 4 is 5.91 Å². The third kappa shape index (κ3) is 5.40. The number of carbonyl (C=O) groups excluding carboxylic acids is 1. The smallest absolute Gasteiger partial charge is 0.416 e. The van der Waals surface area contributed by atoms with E-state index in [9.17, 15) is 18.0 Å². The molecular weight excluding hydrogens is 347 g/mol. The molecule has 2 aromatic rings. The monoisotopic (exact) mass is 367 g/mol. The number of ether oxygens (including phenoxy) is 2. The number of rotatable bonds is 7. The molecule has 0 aliphatic heterocycles. The Morgan fingerprint density at radius 2 is 1.73 bits per heavy atom. The van der Waals surface area contributed by atoms with Crippen LogP contribution in [-0.4, -0.2) is 26.7 Å². The van der Waals surface area contributed by atoms with Gasteiger partial charge in [0.1, 0.15) is 11.5 Å². The molecule has 1 amide bonds. The zero-order valence-electron chi connectivity index (χ0n) is 14.5. The van der Waals surface area contributed by atoms with Crippen molar-refractivity contribution in [2.45, 2.75) is 19.0 Å². The van der Waals surface area contributed by atoms with E-state index >= 15 is 0 Å². The van der Waals surface area contributed by atoms with Crippen LogP contribution in [0.5, 0.6) is 11.5 Å². The Hall–Kier alpha value is -2.70. The molecule has 0 aromatic heterocycles. The number of methoxy groups -OCH3 is 2. The van der Waals surface area contributed by atoms with Gasteiger partial charge in [0.15, 0.2) is 0 Å². The average molecular weight is 367 g/mol. The lowest BCUT2D eigenvalue weighted by Crippen LogP contribution is -2.27. The molecule has 0 saturated carbocycles. The van der Waals surface area contributed by atoms with Gasteiger partial charge >= 0.3 is 6.18 Å². The number of benzene rings is 2. The van der Waals surface area contributed by atoms with E-state index in [1.807, 2.05) is 0 Å². The molecule has 7 heteroatoms. The first-order chi connectivity index (χ1) is 12.3. The van der Waals surface area contributed by atoms with E-state index in [1.165, 1.54) is 26.4 Å². The Balaban J connectivity index is 1.87. The molecule has 0 bridgehead atoms. The molecule has 0 radical (unpaired) electrons. The Morgan fingerprint density at radius 1 is 1.04 bits per heavy atom. The number of hydrogen-bond acceptors (Lipinski definition) is 3. The standard InChI is InChI=1S/C19H20F3NO3/c1-25-16-7-8-17(26-2)14(11-16)12-18(24)23-10-9-13-3-5-15(6-4-13)19(20,21)22/h3-8,11H,9-10,12H2,1-2H3,(H,23,24). The van der Waals surface area contributed by atoms with Crippen LogP contribution in [0.3, 0.4) is 0 Å². The van der Waals surface area contributed by atoms with Crippen LogP contribution in [-0.2, 0) is 23.8 Å². The second-order valence-electron chi connectivity index (χ2n) is 5.65. The minimum atomic E-state index is -4.34. The highest BCUT2D eigenvalue weighted by molar-refractivity contribution is 5.79. The third-order valence-electron chi connectivity index (χ3n) is 3.86. The highest BCUT2D eigenvalue weighted by Gasteiger charge is 2.29. The van der Waals surface area contributed by atoms with Gasteiger partial charge in [-0.3, -0.25) is 4.79 Å². The molecule has 0 saturated heterocycles. The van der Waals surface area contributed by atoms with Gasteiger partial charge in [0, 0.05) is 12.1 Å². The van der Waals surface area contributed by atoms with Crippen LogP contribution >= 0.6 is 0 Å². The molecule has 1 N–H and O–H groups in total. The molecule has 140 valence electrons. The molecule has 2 rings (SSSR count). The van der Waals surface area contributed by atoms with Crippen molar-refractivity contribution in [2.75, 3.05) is 20.8 Å². The molecule has 0 fully saturated rings. The maximum atomic E-state index is 12.5. The summed E-state index contributed by atoms with van der Waals surface area (Å²) in [5.74, 6) is 1.01. The highest BCUT2D eigenvalue weighted by Crippen LogP contribution is 2.29. The van der Waals surface area contributed by atoms with Gasteiger partial charge in [0.05, 0.1) is 26.2 Å². The summed E-state index contributed by atoms with van der Waals surface area (Å²) in [5.41, 5.74) is 0.728. The van der Waals surface area contributed by atoms with Crippen molar-refractivity contribution in [1.82, 2.24) is 5.32 Å². The average Bonchev–Trinajstić information content (AvgIpc) is 2.61. The lowest BCUT2D eigenvalue weighted by Gasteiger charge is -2.11. The summed E-state index contributed by atoms with van der Waals surface area (Å²) in [6, 6.07) is 10.1. The van der Waals surface area contributed by atoms with Crippen molar-refractivity contribution in [3.05, 3.63) is 59.2 Å². The predicted molar refractivity (Wildman–Crippen MR) is 91.4 cm³/mol. The van der Waals surface area contributed by atoms with Gasteiger partial charge in [-0.25, -0.2) is 0 Å². The Bertz CT molecular complexity index is 743. The van der Waals surface area contributed by atoms with Crippen LogP contribution in [0.4, 0.5) is 13.2 Å². The second-order valence-corrected chi connectivity index (χ2v) is 5.65. The molecule has 0 spiro atoms. The molecule has 4 nitrogen and oxygen atoms in total. The first-order valence-electron chi connectivity index (χ1n) is 7.97. The molecule has 0 aliphatic rings. The van der Waals surface area contributed by atoms with E-state index in [-0.39, 0.29) is 12.3 Å². The van der Waals surface area contributed by atoms with E-state index in [2.05, 4.69) is 5.32 Å². The summed E-state index contributed by atoms with van der Waals surface area (Å²) in [6.07, 6.45) is -3.78. The molecular formula is C19H20F3NO3. The maximum absolute atomic E-state index is 12.5. The lowest BCUT2D eigenvalue weighted by molar-refractivity contribution is -0.137. The van der Waals surface area contributed by atoms with Crippen molar-refractivity contribution in [2.24, 2.45) is 0 Å². The van der Waals surface area contributed by atoms with Crippen LogP contribution in [0.2, 0.25) is 0 Å². The summed E-state index contributed by atoms with van der Waals surface area (Å²) >= 11 is 0. The first-order valence-corrected chi connectivity index (χ1v) is 7.97. The summed E-state index contributed by atoms with van der Waals surface area (Å²) < 4.78 is 47.9. The lowest BCUT2D eigenvalue weighted by atomic mass is 10.1. The Labute approximate surface area is 149 Å². The van der Waals surface area contributed by atoms with Gasteiger partial charge in [-0.15, -0.1) is 0 Å². The van der Waals surface area contributed by atoms with E-state index < -0.39 is 11.7 Å². The van der Waals surface area contributed by atoms with Gasteiger partial charge in [-0.2, -0.15) is 13.2 Å². The molecule has 0 heterocycles. The highest BCUT2D eigenvalue weighted by atomic mass is 19.4. The third-order valence-corrected chi connectivity index (χ3v) is 3.86. The number of carbonyl (C=O) groups is 1. The molecule has 0 unspecified atom stereocenters. The van der Waals surface area contributed by atoms with Crippen molar-refractivity contribution in [3.8, 4) is 11.5 Å². The maximum Gasteiger partial charge on any atom is 0.416 e. The van der Waals surface area contributed by atoms with Crippen LogP contribution in [0, 0.1) is 0 Å². The zero-order valence-corrected chi connectivity index (χ0v) is 14.5. The largest absolute Gasteiger partial charge is 0.497 e. The minimum absolute atomic E-state index is 0.118. The molecule has 2 aromatic carbocycles. The van der Waals surface area contributed by atoms with Crippen molar-refractivity contribution in [3.63, 3.8) is 0 Å². The first kappa shape index (κ1) is 19.6. The number of nitrogens with one attached hydrogen (secondary N) is 1. The van der Waals surface area contributed by atoms with Crippen LogP contribution in [0.15, 0.2) is 42.5 Å². The van der Waals surface area contributed by atoms with E-state index in [1.54, 1.807) is 18.2 Å². The fraction of sp³-hybridized carbons (Fsp3) is 0.316. The Kier molecular flexibility index (Phi) is 6.49. The number of halogens is 3. The van der Waals surface area contributed by atoms with Gasteiger partial charge in [-0.05, 0) is 42.3 Å². The number of alkyl halides is 3. The SMILES string of the molecule is COc1ccc(OC)c(CC(=O)NCCc2ccc(C(F)(F)F)cc2)c1. The van der Waals surface area contributed by atoms with Crippen LogP contribution in [0.25, 0.3) is 0 Å². The second kappa shape index (κ2) is 8.60. The molecule has 26 heavy (non-hydrogen) atoms. The van der Waals surface area contributed by atoms with E-state index in [4.69, 9.17) is 9.47 Å². The van der Waals surface area contributed by atoms with Gasteiger partial charge in [0.2, 0.25) is 5.91 Å². The predicted octanol–water partition coefficient (Wildman–Crippen LogP) is 3.62. The van der Waals surface area contributed by atoms with Gasteiger partial charge in [-0.1, -0.05) is 12.1 Å². The molecule has 0 atom stereocenters. The van der Waals surface area contributed by atoms with E-state index in [0.29, 0.717) is 30.0 Å². The fourth-order valence-electron chi connectivity index (χ4n) is 2.46. The summed E-state index contributed by atoms with van der Waals surface area (Å²) in [6.45, 7) is 0.330. The van der Waals surface area contributed by atoms with Crippen LogP contribution < -0.4 is 14.8 Å². The minimum Gasteiger partial charge on any atom is -0.497 e. The number of hydrogen-bond donors (Lipinski definition) is 1. The summed E-state index contributed by atoms with van der Waals surface area (Å²) in [5, 5.41) is 2.76.